The van der Waals surface area contributed by atoms with E-state index < -0.39 is 0 Å². The van der Waals surface area contributed by atoms with E-state index in [0.29, 0.717) is 13.1 Å². The standard InChI is InChI=1S/C16H26N2O/c1-4-5-14-6-8-15(9-7-14)12-18(3)16(19)13(2)10-11-17/h6-9,13H,4-5,10-12,17H2,1-3H3. The molecule has 2 N–H and O–H groups in total. The van der Waals surface area contributed by atoms with Gasteiger partial charge >= 0.3 is 0 Å². The second-order valence-corrected chi connectivity index (χ2v) is 5.24. The molecule has 1 amide bonds. The fourth-order valence-corrected chi connectivity index (χ4v) is 2.20. The van der Waals surface area contributed by atoms with E-state index in [0.717, 1.165) is 19.3 Å². The minimum Gasteiger partial charge on any atom is -0.341 e. The molecule has 0 bridgehead atoms. The van der Waals surface area contributed by atoms with Crippen molar-refractivity contribution < 1.29 is 4.79 Å². The van der Waals surface area contributed by atoms with E-state index in [4.69, 9.17) is 5.73 Å². The fraction of sp³-hybridized carbons (Fsp3) is 0.562. The summed E-state index contributed by atoms with van der Waals surface area (Å²) in [5.41, 5.74) is 8.03. The molecule has 3 heteroatoms. The Bertz CT molecular complexity index is 386. The summed E-state index contributed by atoms with van der Waals surface area (Å²) in [6, 6.07) is 8.53. The predicted octanol–water partition coefficient (Wildman–Crippen LogP) is 2.58. The van der Waals surface area contributed by atoms with Crippen LogP contribution in [0.3, 0.4) is 0 Å². The van der Waals surface area contributed by atoms with E-state index in [2.05, 4.69) is 31.2 Å². The van der Waals surface area contributed by atoms with Crippen LogP contribution in [-0.2, 0) is 17.8 Å². The monoisotopic (exact) mass is 262 g/mol. The second kappa shape index (κ2) is 7.95. The summed E-state index contributed by atoms with van der Waals surface area (Å²) in [4.78, 5) is 13.9. The molecule has 0 fully saturated rings. The quantitative estimate of drug-likeness (QED) is 0.821. The molecule has 0 radical (unpaired) electrons. The van der Waals surface area contributed by atoms with E-state index >= 15 is 0 Å². The molecule has 0 aliphatic carbocycles. The highest BCUT2D eigenvalue weighted by atomic mass is 16.2. The Morgan fingerprint density at radius 3 is 2.37 bits per heavy atom. The van der Waals surface area contributed by atoms with Crippen molar-refractivity contribution in [2.24, 2.45) is 11.7 Å². The smallest absolute Gasteiger partial charge is 0.225 e. The van der Waals surface area contributed by atoms with Gasteiger partial charge in [0.2, 0.25) is 5.91 Å². The molecule has 106 valence electrons. The van der Waals surface area contributed by atoms with Crippen molar-refractivity contribution in [3.8, 4) is 0 Å². The number of carbonyl (C=O) groups is 1. The van der Waals surface area contributed by atoms with Gasteiger partial charge in [0.25, 0.3) is 0 Å². The highest BCUT2D eigenvalue weighted by Crippen LogP contribution is 2.11. The third kappa shape index (κ3) is 5.03. The molecular formula is C16H26N2O. The van der Waals surface area contributed by atoms with Crippen molar-refractivity contribution in [3.63, 3.8) is 0 Å². The third-order valence-electron chi connectivity index (χ3n) is 3.38. The van der Waals surface area contributed by atoms with Gasteiger partial charge in [-0.3, -0.25) is 4.79 Å². The molecule has 1 aromatic carbocycles. The molecule has 0 aliphatic heterocycles. The summed E-state index contributed by atoms with van der Waals surface area (Å²) in [5.74, 6) is 0.178. The normalized spacial score (nSPS) is 12.2. The third-order valence-corrected chi connectivity index (χ3v) is 3.38. The molecule has 0 heterocycles. The van der Waals surface area contributed by atoms with Crippen LogP contribution in [0.5, 0.6) is 0 Å². The molecule has 0 saturated heterocycles. The van der Waals surface area contributed by atoms with Crippen molar-refractivity contribution in [1.82, 2.24) is 4.90 Å². The van der Waals surface area contributed by atoms with E-state index in [-0.39, 0.29) is 11.8 Å². The van der Waals surface area contributed by atoms with E-state index in [9.17, 15) is 4.79 Å². The van der Waals surface area contributed by atoms with Crippen LogP contribution in [0.2, 0.25) is 0 Å². The summed E-state index contributed by atoms with van der Waals surface area (Å²) in [7, 11) is 1.86. The zero-order valence-electron chi connectivity index (χ0n) is 12.4. The number of carbonyl (C=O) groups excluding carboxylic acids is 1. The Hall–Kier alpha value is -1.35. The summed E-state index contributed by atoms with van der Waals surface area (Å²) in [6.07, 6.45) is 3.02. The van der Waals surface area contributed by atoms with Crippen molar-refractivity contribution in [1.29, 1.82) is 0 Å². The zero-order chi connectivity index (χ0) is 14.3. The Kier molecular flexibility index (Phi) is 6.57. The maximum Gasteiger partial charge on any atom is 0.225 e. The van der Waals surface area contributed by atoms with Crippen LogP contribution in [0.1, 0.15) is 37.8 Å². The van der Waals surface area contributed by atoms with Gasteiger partial charge in [-0.2, -0.15) is 0 Å². The lowest BCUT2D eigenvalue weighted by Crippen LogP contribution is -2.32. The Morgan fingerprint density at radius 1 is 1.26 bits per heavy atom. The van der Waals surface area contributed by atoms with Crippen LogP contribution in [0, 0.1) is 5.92 Å². The first-order valence-corrected chi connectivity index (χ1v) is 7.11. The average Bonchev–Trinajstić information content (AvgIpc) is 2.40. The number of rotatable bonds is 7. The van der Waals surface area contributed by atoms with Crippen molar-refractivity contribution >= 4 is 5.91 Å². The fourth-order valence-electron chi connectivity index (χ4n) is 2.20. The highest BCUT2D eigenvalue weighted by Gasteiger charge is 2.16. The van der Waals surface area contributed by atoms with Crippen LogP contribution in [0.25, 0.3) is 0 Å². The minimum atomic E-state index is 0.00867. The molecule has 0 aromatic heterocycles. The summed E-state index contributed by atoms with van der Waals surface area (Å²) in [6.45, 7) is 5.35. The summed E-state index contributed by atoms with van der Waals surface area (Å²) < 4.78 is 0. The molecule has 1 aromatic rings. The van der Waals surface area contributed by atoms with Crippen LogP contribution >= 0.6 is 0 Å². The van der Waals surface area contributed by atoms with Gasteiger partial charge in [0.1, 0.15) is 0 Å². The van der Waals surface area contributed by atoms with E-state index in [1.54, 1.807) is 4.90 Å². The van der Waals surface area contributed by atoms with Crippen molar-refractivity contribution in [2.45, 2.75) is 39.7 Å². The van der Waals surface area contributed by atoms with E-state index in [1.165, 1.54) is 11.1 Å². The molecular weight excluding hydrogens is 236 g/mol. The lowest BCUT2D eigenvalue weighted by Gasteiger charge is -2.21. The zero-order valence-corrected chi connectivity index (χ0v) is 12.4. The molecule has 1 atom stereocenters. The molecule has 0 aliphatic rings. The van der Waals surface area contributed by atoms with Gasteiger partial charge in [0, 0.05) is 19.5 Å². The van der Waals surface area contributed by atoms with Crippen molar-refractivity contribution in [2.75, 3.05) is 13.6 Å². The van der Waals surface area contributed by atoms with Crippen molar-refractivity contribution in [3.05, 3.63) is 35.4 Å². The number of aryl methyl sites for hydroxylation is 1. The van der Waals surface area contributed by atoms with Crippen LogP contribution in [-0.4, -0.2) is 24.4 Å². The highest BCUT2D eigenvalue weighted by molar-refractivity contribution is 5.78. The first kappa shape index (κ1) is 15.7. The van der Waals surface area contributed by atoms with Gasteiger partial charge in [-0.25, -0.2) is 0 Å². The molecule has 0 spiro atoms. The van der Waals surface area contributed by atoms with E-state index in [1.807, 2.05) is 14.0 Å². The molecule has 19 heavy (non-hydrogen) atoms. The Labute approximate surface area is 116 Å². The summed E-state index contributed by atoms with van der Waals surface area (Å²) >= 11 is 0. The number of nitrogens with two attached hydrogens (primary N) is 1. The molecule has 0 saturated carbocycles. The largest absolute Gasteiger partial charge is 0.341 e. The number of hydrogen-bond acceptors (Lipinski definition) is 2. The number of hydrogen-bond donors (Lipinski definition) is 1. The Balaban J connectivity index is 2.56. The van der Waals surface area contributed by atoms with Gasteiger partial charge in [-0.15, -0.1) is 0 Å². The Morgan fingerprint density at radius 2 is 1.84 bits per heavy atom. The van der Waals surface area contributed by atoms with Gasteiger partial charge < -0.3 is 10.6 Å². The topological polar surface area (TPSA) is 46.3 Å². The lowest BCUT2D eigenvalue weighted by molar-refractivity contribution is -0.134. The number of nitrogens with zero attached hydrogens (tertiary/aromatic N) is 1. The van der Waals surface area contributed by atoms with Gasteiger partial charge in [-0.1, -0.05) is 44.5 Å². The first-order valence-electron chi connectivity index (χ1n) is 7.11. The lowest BCUT2D eigenvalue weighted by atomic mass is 10.1. The van der Waals surface area contributed by atoms with Gasteiger partial charge in [0.15, 0.2) is 0 Å². The van der Waals surface area contributed by atoms with Gasteiger partial charge in [0.05, 0.1) is 0 Å². The maximum absolute atomic E-state index is 12.1. The first-order chi connectivity index (χ1) is 9.08. The molecule has 1 rings (SSSR count). The van der Waals surface area contributed by atoms with Gasteiger partial charge in [-0.05, 0) is 30.5 Å². The second-order valence-electron chi connectivity index (χ2n) is 5.24. The predicted molar refractivity (Wildman–Crippen MR) is 79.7 cm³/mol. The van der Waals surface area contributed by atoms with Crippen LogP contribution in [0.4, 0.5) is 0 Å². The number of benzene rings is 1. The SMILES string of the molecule is CCCc1ccc(CN(C)C(=O)C(C)CCN)cc1. The molecule has 1 unspecified atom stereocenters. The van der Waals surface area contributed by atoms with Crippen LogP contribution in [0.15, 0.2) is 24.3 Å². The molecule has 3 nitrogen and oxygen atoms in total. The maximum atomic E-state index is 12.1. The minimum absolute atomic E-state index is 0.00867. The number of amides is 1. The van der Waals surface area contributed by atoms with Crippen LogP contribution < -0.4 is 5.73 Å². The summed E-state index contributed by atoms with van der Waals surface area (Å²) in [5, 5.41) is 0. The average molecular weight is 262 g/mol.